The molecule has 10 heteroatoms. The van der Waals surface area contributed by atoms with Crippen molar-refractivity contribution in [2.24, 2.45) is 10.2 Å². The van der Waals surface area contributed by atoms with E-state index in [9.17, 15) is 9.59 Å². The average molecular weight is 418 g/mol. The first-order valence-corrected chi connectivity index (χ1v) is 10.3. The highest BCUT2D eigenvalue weighted by Gasteiger charge is 2.39. The first kappa shape index (κ1) is 19.9. The molecule has 9 nitrogen and oxygen atoms in total. The number of benzene rings is 1. The van der Waals surface area contributed by atoms with Gasteiger partial charge in [-0.25, -0.2) is 0 Å². The summed E-state index contributed by atoms with van der Waals surface area (Å²) < 4.78 is 11.5. The highest BCUT2D eigenvalue weighted by Crippen LogP contribution is 2.33. The highest BCUT2D eigenvalue weighted by atomic mass is 32.2. The number of carbonyl (C=O) groups is 2. The van der Waals surface area contributed by atoms with Crippen LogP contribution >= 0.6 is 11.8 Å². The lowest BCUT2D eigenvalue weighted by Crippen LogP contribution is -2.45. The number of piperidine rings is 1. The second-order valence-electron chi connectivity index (χ2n) is 7.03. The minimum Gasteiger partial charge on any atom is -0.481 e. The fourth-order valence-electron chi connectivity index (χ4n) is 3.56. The summed E-state index contributed by atoms with van der Waals surface area (Å²) in [7, 11) is 0. The molecule has 0 saturated carbocycles. The van der Waals surface area contributed by atoms with E-state index >= 15 is 0 Å². The number of amides is 1. The van der Waals surface area contributed by atoms with E-state index < -0.39 is 11.2 Å². The molecule has 4 rings (SSSR count). The molecule has 1 unspecified atom stereocenters. The fraction of sp³-hybridized carbons (Fsp3) is 0.474. The van der Waals surface area contributed by atoms with Crippen molar-refractivity contribution in [2.75, 3.05) is 31.2 Å². The van der Waals surface area contributed by atoms with Crippen LogP contribution in [-0.2, 0) is 19.1 Å². The summed E-state index contributed by atoms with van der Waals surface area (Å²) in [6.45, 7) is 3.13. The predicted octanol–water partition coefficient (Wildman–Crippen LogP) is 1.43. The Morgan fingerprint density at radius 2 is 1.97 bits per heavy atom. The molecule has 2 N–H and O–H groups in total. The second-order valence-corrected chi connectivity index (χ2v) is 8.22. The van der Waals surface area contributed by atoms with Crippen LogP contribution in [0.5, 0.6) is 0 Å². The lowest BCUT2D eigenvalue weighted by Gasteiger charge is -2.38. The van der Waals surface area contributed by atoms with E-state index in [1.165, 1.54) is 0 Å². The molecule has 29 heavy (non-hydrogen) atoms. The van der Waals surface area contributed by atoms with E-state index in [0.29, 0.717) is 18.4 Å². The van der Waals surface area contributed by atoms with Crippen LogP contribution in [0, 0.1) is 0 Å². The molecule has 1 amide bonds. The monoisotopic (exact) mass is 418 g/mol. The Bertz CT molecular complexity index is 826. The lowest BCUT2D eigenvalue weighted by molar-refractivity contribution is -0.169. The molecule has 0 radical (unpaired) electrons. The van der Waals surface area contributed by atoms with Crippen LogP contribution in [0.15, 0.2) is 34.5 Å². The van der Waals surface area contributed by atoms with Gasteiger partial charge in [-0.3, -0.25) is 9.59 Å². The number of carbonyl (C=O) groups excluding carboxylic acids is 1. The van der Waals surface area contributed by atoms with Crippen molar-refractivity contribution in [2.45, 2.75) is 30.3 Å². The number of anilines is 1. The van der Waals surface area contributed by atoms with E-state index in [2.05, 4.69) is 20.4 Å². The van der Waals surface area contributed by atoms with Crippen molar-refractivity contribution < 1.29 is 24.2 Å². The number of thioether (sulfide) groups is 1. The maximum Gasteiger partial charge on any atom is 0.305 e. The Balaban J connectivity index is 1.31. The van der Waals surface area contributed by atoms with Crippen LogP contribution in [0.2, 0.25) is 0 Å². The summed E-state index contributed by atoms with van der Waals surface area (Å²) in [5.74, 6) is -1.75. The third-order valence-electron chi connectivity index (χ3n) is 5.09. The molecule has 154 valence electrons. The number of ether oxygens (including phenoxy) is 2. The molecule has 1 aromatic rings. The number of hydrogen-bond acceptors (Lipinski definition) is 8. The molecule has 1 atom stereocenters. The van der Waals surface area contributed by atoms with Gasteiger partial charge in [0.05, 0.1) is 25.8 Å². The van der Waals surface area contributed by atoms with Crippen molar-refractivity contribution in [3.8, 4) is 0 Å². The molecular formula is C19H22N4O5S. The van der Waals surface area contributed by atoms with Crippen LogP contribution in [-0.4, -0.2) is 65.7 Å². The van der Waals surface area contributed by atoms with Crippen molar-refractivity contribution in [1.29, 1.82) is 0 Å². The van der Waals surface area contributed by atoms with Gasteiger partial charge in [-0.1, -0.05) is 23.9 Å². The van der Waals surface area contributed by atoms with Crippen molar-refractivity contribution in [3.63, 3.8) is 0 Å². The number of nitrogens with zero attached hydrogens (tertiary/aromatic N) is 3. The van der Waals surface area contributed by atoms with E-state index in [-0.39, 0.29) is 18.1 Å². The maximum absolute atomic E-state index is 11.7. The third-order valence-corrected chi connectivity index (χ3v) is 6.16. The SMILES string of the molecule is O=C(O)CC1SC(=NN=Cc2ccc(N3CCC4(CC3)OCCO4)cc2)NC1=O. The number of aliphatic carboxylic acids is 1. The zero-order chi connectivity index (χ0) is 20.3. The van der Waals surface area contributed by atoms with Crippen LogP contribution < -0.4 is 10.2 Å². The summed E-state index contributed by atoms with van der Waals surface area (Å²) in [6.07, 6.45) is 3.08. The number of amidine groups is 1. The maximum atomic E-state index is 11.7. The normalized spacial score (nSPS) is 25.2. The molecule has 1 aromatic carbocycles. The van der Waals surface area contributed by atoms with Crippen LogP contribution in [0.4, 0.5) is 5.69 Å². The highest BCUT2D eigenvalue weighted by molar-refractivity contribution is 8.15. The summed E-state index contributed by atoms with van der Waals surface area (Å²) in [5.41, 5.74) is 2.02. The summed E-state index contributed by atoms with van der Waals surface area (Å²) >= 11 is 1.08. The Labute approximate surface area is 172 Å². The van der Waals surface area contributed by atoms with E-state index in [1.54, 1.807) is 6.21 Å². The van der Waals surface area contributed by atoms with Crippen molar-refractivity contribution in [1.82, 2.24) is 5.32 Å². The number of rotatable bonds is 5. The zero-order valence-electron chi connectivity index (χ0n) is 15.7. The van der Waals surface area contributed by atoms with Crippen molar-refractivity contribution in [3.05, 3.63) is 29.8 Å². The van der Waals surface area contributed by atoms with Gasteiger partial charge in [-0.2, -0.15) is 5.10 Å². The van der Waals surface area contributed by atoms with Crippen molar-refractivity contribution >= 4 is 40.7 Å². The number of carboxylic acid groups (broad SMARTS) is 1. The Hall–Kier alpha value is -2.43. The molecular weight excluding hydrogens is 396 g/mol. The third kappa shape index (κ3) is 4.77. The van der Waals surface area contributed by atoms with Crippen LogP contribution in [0.1, 0.15) is 24.8 Å². The average Bonchev–Trinajstić information content (AvgIpc) is 3.30. The Morgan fingerprint density at radius 1 is 1.28 bits per heavy atom. The fourth-order valence-corrected chi connectivity index (χ4v) is 4.47. The van der Waals surface area contributed by atoms with Gasteiger partial charge >= 0.3 is 5.97 Å². The smallest absolute Gasteiger partial charge is 0.305 e. The Morgan fingerprint density at radius 3 is 2.62 bits per heavy atom. The number of hydrogen-bond donors (Lipinski definition) is 2. The summed E-state index contributed by atoms with van der Waals surface area (Å²) in [5, 5.41) is 18.9. The van der Waals surface area contributed by atoms with Gasteiger partial charge in [0.25, 0.3) is 0 Å². The van der Waals surface area contributed by atoms with Gasteiger partial charge < -0.3 is 24.8 Å². The first-order chi connectivity index (χ1) is 14.0. The standard InChI is InChI=1S/C19H22N4O5S/c24-16(25)11-15-17(26)21-18(29-15)22-20-12-13-1-3-14(4-2-13)23-7-5-19(6-8-23)27-9-10-28-19/h1-4,12,15H,5-11H2,(H,24,25)(H,21,22,26). The zero-order valence-corrected chi connectivity index (χ0v) is 16.6. The minimum atomic E-state index is -1.02. The predicted molar refractivity (Wildman–Crippen MR) is 109 cm³/mol. The van der Waals surface area contributed by atoms with E-state index in [4.69, 9.17) is 14.6 Å². The van der Waals surface area contributed by atoms with E-state index in [0.717, 1.165) is 48.9 Å². The number of carboxylic acids is 1. The van der Waals surface area contributed by atoms with Crippen LogP contribution in [0.3, 0.4) is 0 Å². The molecule has 3 aliphatic heterocycles. The summed E-state index contributed by atoms with van der Waals surface area (Å²) in [4.78, 5) is 24.7. The molecule has 3 saturated heterocycles. The molecule has 0 bridgehead atoms. The molecule has 3 aliphatic rings. The van der Waals surface area contributed by atoms with Gasteiger partial charge in [0.15, 0.2) is 11.0 Å². The van der Waals surface area contributed by atoms with Gasteiger partial charge in [0.1, 0.15) is 5.25 Å². The largest absolute Gasteiger partial charge is 0.481 e. The molecule has 1 spiro atoms. The molecule has 0 aromatic heterocycles. The van der Waals surface area contributed by atoms with Gasteiger partial charge in [-0.05, 0) is 17.7 Å². The molecule has 3 fully saturated rings. The summed E-state index contributed by atoms with van der Waals surface area (Å²) in [6, 6.07) is 7.99. The van der Waals surface area contributed by atoms with E-state index in [1.807, 2.05) is 24.3 Å². The first-order valence-electron chi connectivity index (χ1n) is 9.46. The lowest BCUT2D eigenvalue weighted by atomic mass is 10.0. The van der Waals surface area contributed by atoms with Gasteiger partial charge in [-0.15, -0.1) is 5.10 Å². The van der Waals surface area contributed by atoms with Gasteiger partial charge in [0, 0.05) is 31.6 Å². The topological polar surface area (TPSA) is 113 Å². The number of nitrogens with one attached hydrogen (secondary N) is 1. The van der Waals surface area contributed by atoms with Crippen LogP contribution in [0.25, 0.3) is 0 Å². The molecule has 3 heterocycles. The molecule has 0 aliphatic carbocycles. The Kier molecular flexibility index (Phi) is 5.84. The minimum absolute atomic E-state index is 0.240. The quantitative estimate of drug-likeness (QED) is 0.549. The van der Waals surface area contributed by atoms with Gasteiger partial charge in [0.2, 0.25) is 5.91 Å². The second kappa shape index (κ2) is 8.52.